The van der Waals surface area contributed by atoms with Crippen molar-refractivity contribution in [3.63, 3.8) is 0 Å². The third-order valence-electron chi connectivity index (χ3n) is 2.75. The van der Waals surface area contributed by atoms with Gasteiger partial charge in [-0.1, -0.05) is 30.3 Å². The Balaban J connectivity index is 2.71. The van der Waals surface area contributed by atoms with Crippen molar-refractivity contribution in [2.24, 2.45) is 0 Å². The Hall–Kier alpha value is -2.58. The molecule has 1 N–H and O–H groups in total. The van der Waals surface area contributed by atoms with Gasteiger partial charge in [-0.15, -0.1) is 0 Å². The fourth-order valence-corrected chi connectivity index (χ4v) is 1.70. The average molecular weight is 347 g/mol. The Morgan fingerprint density at radius 3 is 2.33 bits per heavy atom. The molecule has 1 aromatic rings. The SMILES string of the molecule is CCOC(=O)CC(=O)NC[C@@H](OC(=O)C(F)(F)F)c1ccccc1. The van der Waals surface area contributed by atoms with Gasteiger partial charge in [0.25, 0.3) is 0 Å². The summed E-state index contributed by atoms with van der Waals surface area (Å²) in [6, 6.07) is 7.62. The van der Waals surface area contributed by atoms with E-state index in [0.717, 1.165) is 0 Å². The summed E-state index contributed by atoms with van der Waals surface area (Å²) >= 11 is 0. The monoisotopic (exact) mass is 347 g/mol. The van der Waals surface area contributed by atoms with E-state index in [4.69, 9.17) is 0 Å². The minimum absolute atomic E-state index is 0.0992. The van der Waals surface area contributed by atoms with Crippen LogP contribution in [-0.4, -0.2) is 37.2 Å². The third kappa shape index (κ3) is 6.67. The van der Waals surface area contributed by atoms with Crippen molar-refractivity contribution in [3.8, 4) is 0 Å². The average Bonchev–Trinajstić information content (AvgIpc) is 2.51. The number of ether oxygens (including phenoxy) is 2. The van der Waals surface area contributed by atoms with Gasteiger partial charge in [-0.25, -0.2) is 4.79 Å². The van der Waals surface area contributed by atoms with Gasteiger partial charge in [-0.05, 0) is 12.5 Å². The van der Waals surface area contributed by atoms with E-state index in [1.165, 1.54) is 12.1 Å². The van der Waals surface area contributed by atoms with Crippen LogP contribution in [0.1, 0.15) is 25.0 Å². The molecule has 0 radical (unpaired) electrons. The van der Waals surface area contributed by atoms with Gasteiger partial charge in [-0.2, -0.15) is 13.2 Å². The first-order chi connectivity index (χ1) is 11.2. The van der Waals surface area contributed by atoms with Gasteiger partial charge < -0.3 is 14.8 Å². The lowest BCUT2D eigenvalue weighted by atomic mass is 10.1. The quantitative estimate of drug-likeness (QED) is 0.602. The molecule has 0 aliphatic rings. The summed E-state index contributed by atoms with van der Waals surface area (Å²) in [4.78, 5) is 33.8. The number of carbonyl (C=O) groups excluding carboxylic acids is 3. The molecule has 9 heteroatoms. The molecule has 0 aliphatic carbocycles. The first-order valence-electron chi connectivity index (χ1n) is 6.99. The summed E-state index contributed by atoms with van der Waals surface area (Å²) in [7, 11) is 0. The van der Waals surface area contributed by atoms with Crippen molar-refractivity contribution in [2.75, 3.05) is 13.2 Å². The molecule has 1 rings (SSSR count). The number of amides is 1. The van der Waals surface area contributed by atoms with E-state index in [-0.39, 0.29) is 12.2 Å². The number of halogens is 3. The lowest BCUT2D eigenvalue weighted by Gasteiger charge is -2.19. The van der Waals surface area contributed by atoms with E-state index in [9.17, 15) is 27.6 Å². The lowest BCUT2D eigenvalue weighted by molar-refractivity contribution is -0.205. The van der Waals surface area contributed by atoms with E-state index >= 15 is 0 Å². The van der Waals surface area contributed by atoms with E-state index in [1.54, 1.807) is 25.1 Å². The van der Waals surface area contributed by atoms with Crippen LogP contribution in [0, 0.1) is 0 Å². The molecule has 0 fully saturated rings. The fraction of sp³-hybridized carbons (Fsp3) is 0.400. The number of alkyl halides is 3. The van der Waals surface area contributed by atoms with Crippen LogP contribution in [0.4, 0.5) is 13.2 Å². The molecule has 1 amide bonds. The third-order valence-corrected chi connectivity index (χ3v) is 2.75. The molecular weight excluding hydrogens is 331 g/mol. The molecule has 0 bridgehead atoms. The number of benzene rings is 1. The maximum atomic E-state index is 12.4. The molecular formula is C15H16F3NO5. The second-order valence-corrected chi connectivity index (χ2v) is 4.59. The number of hydrogen-bond donors (Lipinski definition) is 1. The molecule has 0 spiro atoms. The Kier molecular flexibility index (Phi) is 7.22. The zero-order valence-electron chi connectivity index (χ0n) is 12.8. The van der Waals surface area contributed by atoms with Crippen molar-refractivity contribution in [3.05, 3.63) is 35.9 Å². The summed E-state index contributed by atoms with van der Waals surface area (Å²) in [5, 5.41) is 2.24. The lowest BCUT2D eigenvalue weighted by Crippen LogP contribution is -2.34. The summed E-state index contributed by atoms with van der Waals surface area (Å²) in [6.45, 7) is 1.25. The van der Waals surface area contributed by atoms with Crippen molar-refractivity contribution in [2.45, 2.75) is 25.6 Å². The second-order valence-electron chi connectivity index (χ2n) is 4.59. The zero-order chi connectivity index (χ0) is 18.2. The van der Waals surface area contributed by atoms with Gasteiger partial charge in [0, 0.05) is 0 Å². The molecule has 24 heavy (non-hydrogen) atoms. The maximum absolute atomic E-state index is 12.4. The van der Waals surface area contributed by atoms with E-state index in [1.807, 2.05) is 0 Å². The van der Waals surface area contributed by atoms with Crippen LogP contribution < -0.4 is 5.32 Å². The van der Waals surface area contributed by atoms with E-state index < -0.39 is 43.1 Å². The van der Waals surface area contributed by atoms with E-state index in [0.29, 0.717) is 0 Å². The molecule has 0 heterocycles. The van der Waals surface area contributed by atoms with Crippen LogP contribution >= 0.6 is 0 Å². The number of esters is 2. The molecule has 0 aromatic heterocycles. The highest BCUT2D eigenvalue weighted by Crippen LogP contribution is 2.23. The second kappa shape index (κ2) is 8.90. The van der Waals surface area contributed by atoms with Crippen molar-refractivity contribution in [1.29, 1.82) is 0 Å². The van der Waals surface area contributed by atoms with Crippen LogP contribution in [0.15, 0.2) is 30.3 Å². The Bertz CT molecular complexity index is 574. The maximum Gasteiger partial charge on any atom is 0.490 e. The summed E-state index contributed by atoms with van der Waals surface area (Å²) in [5.41, 5.74) is 0.270. The zero-order valence-corrected chi connectivity index (χ0v) is 12.8. The van der Waals surface area contributed by atoms with Gasteiger partial charge in [-0.3, -0.25) is 9.59 Å². The van der Waals surface area contributed by atoms with Gasteiger partial charge in [0.1, 0.15) is 12.5 Å². The van der Waals surface area contributed by atoms with Gasteiger partial charge in [0.2, 0.25) is 5.91 Å². The largest absolute Gasteiger partial charge is 0.490 e. The number of nitrogens with one attached hydrogen (secondary N) is 1. The highest BCUT2D eigenvalue weighted by molar-refractivity contribution is 5.94. The summed E-state index contributed by atoms with van der Waals surface area (Å²) in [5.74, 6) is -3.88. The Labute approximate surface area is 135 Å². The van der Waals surface area contributed by atoms with Crippen LogP contribution in [0.3, 0.4) is 0 Å². The predicted molar refractivity (Wildman–Crippen MR) is 75.6 cm³/mol. The number of hydrogen-bond acceptors (Lipinski definition) is 5. The highest BCUT2D eigenvalue weighted by atomic mass is 19.4. The Morgan fingerprint density at radius 2 is 1.79 bits per heavy atom. The van der Waals surface area contributed by atoms with Gasteiger partial charge in [0.15, 0.2) is 0 Å². The number of carbonyl (C=O) groups is 3. The van der Waals surface area contributed by atoms with Crippen molar-refractivity contribution >= 4 is 17.8 Å². The summed E-state index contributed by atoms with van der Waals surface area (Å²) in [6.07, 6.45) is -7.07. The fourth-order valence-electron chi connectivity index (χ4n) is 1.70. The van der Waals surface area contributed by atoms with Crippen molar-refractivity contribution < 1.29 is 37.0 Å². The standard InChI is InChI=1S/C15H16F3NO5/c1-2-23-13(21)8-12(20)19-9-11(10-6-4-3-5-7-10)24-14(22)15(16,17)18/h3-7,11H,2,8-9H2,1H3,(H,19,20)/t11-/m1/s1. The first kappa shape index (κ1) is 19.5. The van der Waals surface area contributed by atoms with Crippen LogP contribution in [-0.2, 0) is 23.9 Å². The van der Waals surface area contributed by atoms with Crippen LogP contribution in [0.2, 0.25) is 0 Å². The van der Waals surface area contributed by atoms with Gasteiger partial charge in [0.05, 0.1) is 13.2 Å². The smallest absolute Gasteiger partial charge is 0.466 e. The minimum atomic E-state index is -5.15. The molecule has 1 atom stereocenters. The minimum Gasteiger partial charge on any atom is -0.466 e. The van der Waals surface area contributed by atoms with Crippen LogP contribution in [0.5, 0.6) is 0 Å². The Morgan fingerprint density at radius 1 is 1.17 bits per heavy atom. The number of rotatable bonds is 7. The predicted octanol–water partition coefficient (Wildman–Crippen LogP) is 1.90. The summed E-state index contributed by atoms with van der Waals surface area (Å²) < 4.78 is 46.1. The molecule has 0 unspecified atom stereocenters. The first-order valence-corrected chi connectivity index (χ1v) is 6.99. The highest BCUT2D eigenvalue weighted by Gasteiger charge is 2.42. The molecule has 0 aliphatic heterocycles. The molecule has 0 saturated carbocycles. The van der Waals surface area contributed by atoms with Crippen molar-refractivity contribution in [1.82, 2.24) is 5.32 Å². The molecule has 0 saturated heterocycles. The van der Waals surface area contributed by atoms with Gasteiger partial charge >= 0.3 is 18.1 Å². The van der Waals surface area contributed by atoms with E-state index in [2.05, 4.69) is 14.8 Å². The van der Waals surface area contributed by atoms with Crippen LogP contribution in [0.25, 0.3) is 0 Å². The normalized spacial score (nSPS) is 12.2. The molecule has 6 nitrogen and oxygen atoms in total. The topological polar surface area (TPSA) is 81.7 Å². The molecule has 132 valence electrons. The molecule has 1 aromatic carbocycles.